The molecule has 5 rings (SSSR count). The molecule has 1 aliphatic heterocycles. The van der Waals surface area contributed by atoms with Crippen LogP contribution < -0.4 is 10.1 Å². The summed E-state index contributed by atoms with van der Waals surface area (Å²) in [6.45, 7) is 5.04. The van der Waals surface area contributed by atoms with Gasteiger partial charge in [0.25, 0.3) is 0 Å². The zero-order valence-corrected chi connectivity index (χ0v) is 19.5. The van der Waals surface area contributed by atoms with E-state index in [1.54, 1.807) is 0 Å². The molecule has 31 heavy (non-hydrogen) atoms. The number of carbonyl (C=O) groups is 1. The van der Waals surface area contributed by atoms with Crippen LogP contribution in [0, 0.1) is 17.3 Å². The number of hydrogen-bond acceptors (Lipinski definition) is 2. The monoisotopic (exact) mass is 457 g/mol. The Balaban J connectivity index is 1.52. The Morgan fingerprint density at radius 1 is 1.10 bits per heavy atom. The number of nitrogens with one attached hydrogen (secondary N) is 1. The number of ether oxygens (including phenoxy) is 1. The predicted molar refractivity (Wildman–Crippen MR) is 125 cm³/mol. The first-order chi connectivity index (χ1) is 14.9. The molecule has 0 aromatic heterocycles. The highest BCUT2D eigenvalue weighted by Crippen LogP contribution is 2.59. The van der Waals surface area contributed by atoms with Crippen molar-refractivity contribution < 1.29 is 9.53 Å². The highest BCUT2D eigenvalue weighted by molar-refractivity contribution is 6.31. The summed E-state index contributed by atoms with van der Waals surface area (Å²) < 4.78 is 5.94. The zero-order chi connectivity index (χ0) is 21.8. The Hall–Kier alpha value is -1.71. The smallest absolute Gasteiger partial charge is 0.226 e. The Kier molecular flexibility index (Phi) is 5.46. The molecule has 5 heteroatoms. The van der Waals surface area contributed by atoms with Crippen LogP contribution in [0.2, 0.25) is 10.0 Å². The molecule has 0 spiro atoms. The van der Waals surface area contributed by atoms with Crippen LogP contribution in [0.15, 0.2) is 42.5 Å². The van der Waals surface area contributed by atoms with Gasteiger partial charge in [-0.3, -0.25) is 4.79 Å². The second-order valence-electron chi connectivity index (χ2n) is 9.87. The Morgan fingerprint density at radius 2 is 1.84 bits per heavy atom. The quantitative estimate of drug-likeness (QED) is 0.549. The number of carbonyl (C=O) groups excluding carboxylic acids is 1. The molecule has 0 radical (unpaired) electrons. The maximum atomic E-state index is 12.9. The molecule has 1 heterocycles. The Labute approximate surface area is 194 Å². The molecule has 1 N–H and O–H groups in total. The minimum Gasteiger partial charge on any atom is -0.493 e. The van der Waals surface area contributed by atoms with E-state index in [1.807, 2.05) is 18.2 Å². The molecular formula is C26H29Cl2NO2. The summed E-state index contributed by atoms with van der Waals surface area (Å²) in [5.41, 5.74) is 2.01. The number of amides is 1. The molecule has 2 aliphatic carbocycles. The van der Waals surface area contributed by atoms with E-state index < -0.39 is 0 Å². The molecule has 3 nitrogen and oxygen atoms in total. The van der Waals surface area contributed by atoms with E-state index in [9.17, 15) is 4.79 Å². The van der Waals surface area contributed by atoms with E-state index in [-0.39, 0.29) is 35.1 Å². The van der Waals surface area contributed by atoms with Crippen LogP contribution in [-0.2, 0) is 4.79 Å². The first-order valence-electron chi connectivity index (χ1n) is 11.4. The van der Waals surface area contributed by atoms with Crippen molar-refractivity contribution in [1.82, 2.24) is 5.32 Å². The highest BCUT2D eigenvalue weighted by Gasteiger charge is 2.57. The van der Waals surface area contributed by atoms with E-state index in [2.05, 4.69) is 43.4 Å². The highest BCUT2D eigenvalue weighted by atomic mass is 35.5. The third-order valence-electron chi connectivity index (χ3n) is 7.76. The fourth-order valence-corrected chi connectivity index (χ4v) is 6.34. The third kappa shape index (κ3) is 3.85. The van der Waals surface area contributed by atoms with E-state index >= 15 is 0 Å². The summed E-state index contributed by atoms with van der Waals surface area (Å²) in [4.78, 5) is 12.9. The normalized spacial score (nSPS) is 32.5. The average molecular weight is 458 g/mol. The van der Waals surface area contributed by atoms with Gasteiger partial charge in [0.05, 0.1) is 12.0 Å². The van der Waals surface area contributed by atoms with Crippen LogP contribution in [0.25, 0.3) is 0 Å². The van der Waals surface area contributed by atoms with Crippen LogP contribution in [0.5, 0.6) is 5.75 Å². The predicted octanol–water partition coefficient (Wildman–Crippen LogP) is 6.58. The molecule has 164 valence electrons. The number of halogens is 2. The van der Waals surface area contributed by atoms with Gasteiger partial charge in [-0.1, -0.05) is 48.3 Å². The lowest BCUT2D eigenvalue weighted by Crippen LogP contribution is -2.42. The standard InChI is InChI=1S/C26H29Cl2NO2/c1-15-24-23(17-5-7-18(27)8-6-17)21(11-12-26(24,2)25(30)29-15)20-10-9-19(13-22(20)28)31-14-16-3-4-16/h5-10,13,15-16,21,23-24H,3-4,11-12,14H2,1-2H3,(H,29,30)/t15?,21?,23-,24-,26+/m0/s1. The van der Waals surface area contributed by atoms with Gasteiger partial charge in [0, 0.05) is 22.0 Å². The van der Waals surface area contributed by atoms with E-state index in [0.29, 0.717) is 5.92 Å². The van der Waals surface area contributed by atoms with Crippen LogP contribution in [0.4, 0.5) is 0 Å². The summed E-state index contributed by atoms with van der Waals surface area (Å²) in [7, 11) is 0. The molecule has 2 unspecified atom stereocenters. The van der Waals surface area contributed by atoms with Crippen LogP contribution in [0.3, 0.4) is 0 Å². The number of hydrogen-bond donors (Lipinski definition) is 1. The lowest BCUT2D eigenvalue weighted by molar-refractivity contribution is -0.129. The molecule has 1 saturated heterocycles. The summed E-state index contributed by atoms with van der Waals surface area (Å²) >= 11 is 13.0. The van der Waals surface area contributed by atoms with Crippen molar-refractivity contribution in [1.29, 1.82) is 0 Å². The van der Waals surface area contributed by atoms with Crippen molar-refractivity contribution in [2.45, 2.75) is 57.4 Å². The van der Waals surface area contributed by atoms with Crippen LogP contribution in [-0.4, -0.2) is 18.6 Å². The largest absolute Gasteiger partial charge is 0.493 e. The topological polar surface area (TPSA) is 38.3 Å². The van der Waals surface area contributed by atoms with Gasteiger partial charge in [-0.05, 0) is 85.8 Å². The first kappa shape index (κ1) is 21.2. The maximum absolute atomic E-state index is 12.9. The average Bonchev–Trinajstić information content (AvgIpc) is 3.54. The minimum atomic E-state index is -0.361. The van der Waals surface area contributed by atoms with Gasteiger partial charge in [-0.2, -0.15) is 0 Å². The molecule has 5 atom stereocenters. The Morgan fingerprint density at radius 3 is 2.52 bits per heavy atom. The van der Waals surface area contributed by atoms with Crippen molar-refractivity contribution >= 4 is 29.1 Å². The molecule has 3 fully saturated rings. The molecule has 2 saturated carbocycles. The molecule has 2 aromatic carbocycles. The second-order valence-corrected chi connectivity index (χ2v) is 10.7. The van der Waals surface area contributed by atoms with E-state index in [1.165, 1.54) is 18.4 Å². The van der Waals surface area contributed by atoms with Crippen molar-refractivity contribution in [3.8, 4) is 5.75 Å². The lowest BCUT2D eigenvalue weighted by atomic mass is 9.56. The van der Waals surface area contributed by atoms with Crippen molar-refractivity contribution in [2.75, 3.05) is 6.61 Å². The van der Waals surface area contributed by atoms with Crippen LogP contribution >= 0.6 is 23.2 Å². The van der Waals surface area contributed by atoms with Crippen molar-refractivity contribution in [3.63, 3.8) is 0 Å². The number of rotatable bonds is 5. The fraction of sp³-hybridized carbons (Fsp3) is 0.500. The van der Waals surface area contributed by atoms with Gasteiger partial charge in [0.1, 0.15) is 5.75 Å². The zero-order valence-electron chi connectivity index (χ0n) is 18.0. The van der Waals surface area contributed by atoms with E-state index in [4.69, 9.17) is 27.9 Å². The second kappa shape index (κ2) is 8.01. The number of benzene rings is 2. The molecule has 1 amide bonds. The van der Waals surface area contributed by atoms with Crippen molar-refractivity contribution in [2.24, 2.45) is 17.3 Å². The minimum absolute atomic E-state index is 0.112. The molecular weight excluding hydrogens is 429 g/mol. The summed E-state index contributed by atoms with van der Waals surface area (Å²) in [5, 5.41) is 4.70. The first-order valence-corrected chi connectivity index (χ1v) is 12.1. The fourth-order valence-electron chi connectivity index (χ4n) is 5.91. The van der Waals surface area contributed by atoms with Gasteiger partial charge in [-0.15, -0.1) is 0 Å². The molecule has 2 aromatic rings. The Bertz CT molecular complexity index is 987. The van der Waals surface area contributed by atoms with Gasteiger partial charge < -0.3 is 10.1 Å². The summed E-state index contributed by atoms with van der Waals surface area (Å²) in [6, 6.07) is 14.4. The van der Waals surface area contributed by atoms with Crippen molar-refractivity contribution in [3.05, 3.63) is 63.6 Å². The van der Waals surface area contributed by atoms with Crippen LogP contribution in [0.1, 0.15) is 62.5 Å². The summed E-state index contributed by atoms with van der Waals surface area (Å²) in [6.07, 6.45) is 4.31. The lowest BCUT2D eigenvalue weighted by Gasteiger charge is -2.46. The molecule has 0 bridgehead atoms. The van der Waals surface area contributed by atoms with Gasteiger partial charge in [-0.25, -0.2) is 0 Å². The number of fused-ring (bicyclic) bond motifs is 1. The van der Waals surface area contributed by atoms with Gasteiger partial charge in [0.15, 0.2) is 0 Å². The SMILES string of the molecule is CC1NC(=O)[C@]2(C)CCC(c3ccc(OCC4CC4)cc3Cl)[C@H](c3ccc(Cl)cc3)[C@H]12. The third-order valence-corrected chi connectivity index (χ3v) is 8.34. The molecule has 3 aliphatic rings. The summed E-state index contributed by atoms with van der Waals surface area (Å²) in [5.74, 6) is 2.34. The van der Waals surface area contributed by atoms with Gasteiger partial charge >= 0.3 is 0 Å². The maximum Gasteiger partial charge on any atom is 0.226 e. The van der Waals surface area contributed by atoms with Gasteiger partial charge in [0.2, 0.25) is 5.91 Å². The van der Waals surface area contributed by atoms with E-state index in [0.717, 1.165) is 40.8 Å².